The lowest BCUT2D eigenvalue weighted by molar-refractivity contribution is -0.135. The van der Waals surface area contributed by atoms with Gasteiger partial charge in [0.2, 0.25) is 5.91 Å². The van der Waals surface area contributed by atoms with Gasteiger partial charge >= 0.3 is 0 Å². The van der Waals surface area contributed by atoms with Gasteiger partial charge in [-0.25, -0.2) is 4.68 Å². The molecule has 0 unspecified atom stereocenters. The predicted octanol–water partition coefficient (Wildman–Crippen LogP) is 1.34. The monoisotopic (exact) mass is 329 g/mol. The van der Waals surface area contributed by atoms with Crippen LogP contribution in [-0.2, 0) is 16.0 Å². The van der Waals surface area contributed by atoms with Crippen LogP contribution in [0.3, 0.4) is 0 Å². The fourth-order valence-corrected chi connectivity index (χ4v) is 3.07. The first-order valence-electron chi connectivity index (χ1n) is 8.41. The minimum absolute atomic E-state index is 0.0561. The van der Waals surface area contributed by atoms with Crippen LogP contribution in [-0.4, -0.2) is 57.3 Å². The average Bonchev–Trinajstić information content (AvgIpc) is 3.31. The molecule has 2 heterocycles. The third-order valence-corrected chi connectivity index (χ3v) is 4.44. The summed E-state index contributed by atoms with van der Waals surface area (Å²) < 4.78 is 6.99. The molecule has 1 amide bonds. The van der Waals surface area contributed by atoms with E-state index >= 15 is 0 Å². The number of likely N-dealkylation sites (N-methyl/N-ethyl adjacent to an activating group) is 1. The van der Waals surface area contributed by atoms with E-state index < -0.39 is 6.04 Å². The fraction of sp³-hybridized carbons (Fsp3) is 0.529. The van der Waals surface area contributed by atoms with Gasteiger partial charge in [0.05, 0.1) is 6.61 Å². The Kier molecular flexibility index (Phi) is 5.53. The van der Waals surface area contributed by atoms with Crippen molar-refractivity contribution in [3.63, 3.8) is 0 Å². The highest BCUT2D eigenvalue weighted by atomic mass is 16.5. The van der Waals surface area contributed by atoms with Gasteiger partial charge in [-0.2, -0.15) is 0 Å². The number of carbonyl (C=O) groups is 1. The first-order valence-corrected chi connectivity index (χ1v) is 8.41. The molecule has 1 aliphatic rings. The van der Waals surface area contributed by atoms with Crippen molar-refractivity contribution in [2.75, 3.05) is 26.3 Å². The molecule has 0 N–H and O–H groups in total. The van der Waals surface area contributed by atoms with Gasteiger partial charge in [-0.3, -0.25) is 4.79 Å². The standard InChI is InChI=1S/C17H23N5O2/c1-2-21(11-15-8-9-24-12-15)17(23)16(22-13-18-19-20-22)10-14-6-4-3-5-7-14/h3-7,13,15-16H,2,8-12H2,1H3/t15-,16-/m0/s1. The summed E-state index contributed by atoms with van der Waals surface area (Å²) in [6.45, 7) is 4.92. The fourth-order valence-electron chi connectivity index (χ4n) is 3.07. The second-order valence-electron chi connectivity index (χ2n) is 6.10. The van der Waals surface area contributed by atoms with Crippen LogP contribution in [0.2, 0.25) is 0 Å². The smallest absolute Gasteiger partial charge is 0.247 e. The van der Waals surface area contributed by atoms with Crippen molar-refractivity contribution < 1.29 is 9.53 Å². The minimum Gasteiger partial charge on any atom is -0.381 e. The van der Waals surface area contributed by atoms with Gasteiger partial charge in [-0.05, 0) is 29.3 Å². The Morgan fingerprint density at radius 2 is 2.25 bits per heavy atom. The molecular weight excluding hydrogens is 306 g/mol. The molecule has 1 aliphatic heterocycles. The molecule has 7 heteroatoms. The molecule has 0 spiro atoms. The topological polar surface area (TPSA) is 73.1 Å². The molecule has 7 nitrogen and oxygen atoms in total. The van der Waals surface area contributed by atoms with Gasteiger partial charge in [-0.15, -0.1) is 5.10 Å². The molecule has 128 valence electrons. The highest BCUT2D eigenvalue weighted by molar-refractivity contribution is 5.80. The minimum atomic E-state index is -0.426. The number of carbonyl (C=O) groups excluding carboxylic acids is 1. The molecular formula is C17H23N5O2. The van der Waals surface area contributed by atoms with Crippen molar-refractivity contribution in [1.29, 1.82) is 0 Å². The number of amides is 1. The zero-order valence-corrected chi connectivity index (χ0v) is 13.9. The van der Waals surface area contributed by atoms with Crippen LogP contribution in [0.4, 0.5) is 0 Å². The van der Waals surface area contributed by atoms with Crippen molar-refractivity contribution in [3.05, 3.63) is 42.2 Å². The normalized spacial score (nSPS) is 18.5. The van der Waals surface area contributed by atoms with Crippen LogP contribution in [0, 0.1) is 5.92 Å². The lowest BCUT2D eigenvalue weighted by Crippen LogP contribution is -2.41. The maximum Gasteiger partial charge on any atom is 0.247 e. The Bertz CT molecular complexity index is 626. The first kappa shape index (κ1) is 16.6. The van der Waals surface area contributed by atoms with Gasteiger partial charge < -0.3 is 9.64 Å². The maximum absolute atomic E-state index is 13.1. The quantitative estimate of drug-likeness (QED) is 0.766. The Balaban J connectivity index is 1.76. The molecule has 1 aromatic heterocycles. The van der Waals surface area contributed by atoms with Crippen LogP contribution in [0.1, 0.15) is 24.9 Å². The molecule has 0 bridgehead atoms. The van der Waals surface area contributed by atoms with E-state index in [9.17, 15) is 4.79 Å². The lowest BCUT2D eigenvalue weighted by Gasteiger charge is -2.28. The van der Waals surface area contributed by atoms with Crippen molar-refractivity contribution in [3.8, 4) is 0 Å². The van der Waals surface area contributed by atoms with Gasteiger partial charge in [0.25, 0.3) is 0 Å². The van der Waals surface area contributed by atoms with E-state index in [0.717, 1.165) is 31.7 Å². The Labute approximate surface area is 141 Å². The number of nitrogens with zero attached hydrogens (tertiary/aromatic N) is 5. The van der Waals surface area contributed by atoms with E-state index in [0.29, 0.717) is 18.9 Å². The molecule has 24 heavy (non-hydrogen) atoms. The summed E-state index contributed by atoms with van der Waals surface area (Å²) >= 11 is 0. The first-order chi connectivity index (χ1) is 11.8. The largest absolute Gasteiger partial charge is 0.381 e. The highest BCUT2D eigenvalue weighted by Crippen LogP contribution is 2.19. The SMILES string of the molecule is CCN(C[C@@H]1CCOC1)C(=O)[C@H](Cc1ccccc1)n1cnnn1. The zero-order chi connectivity index (χ0) is 16.8. The number of hydrogen-bond donors (Lipinski definition) is 0. The van der Waals surface area contributed by atoms with E-state index in [2.05, 4.69) is 15.5 Å². The van der Waals surface area contributed by atoms with E-state index in [1.165, 1.54) is 6.33 Å². The summed E-state index contributed by atoms with van der Waals surface area (Å²) in [5, 5.41) is 11.4. The van der Waals surface area contributed by atoms with Crippen LogP contribution in [0.25, 0.3) is 0 Å². The summed E-state index contributed by atoms with van der Waals surface area (Å²) in [6, 6.07) is 9.53. The maximum atomic E-state index is 13.1. The van der Waals surface area contributed by atoms with Crippen molar-refractivity contribution in [1.82, 2.24) is 25.1 Å². The van der Waals surface area contributed by atoms with Crippen molar-refractivity contribution >= 4 is 5.91 Å². The van der Waals surface area contributed by atoms with Gasteiger partial charge in [0.15, 0.2) is 0 Å². The van der Waals surface area contributed by atoms with Crippen molar-refractivity contribution in [2.45, 2.75) is 25.8 Å². The van der Waals surface area contributed by atoms with E-state index in [1.54, 1.807) is 4.68 Å². The summed E-state index contributed by atoms with van der Waals surface area (Å²) in [5.41, 5.74) is 1.09. The second kappa shape index (κ2) is 8.01. The number of rotatable bonds is 7. The summed E-state index contributed by atoms with van der Waals surface area (Å²) in [4.78, 5) is 15.0. The number of tetrazole rings is 1. The van der Waals surface area contributed by atoms with Gasteiger partial charge in [0.1, 0.15) is 12.4 Å². The molecule has 3 rings (SSSR count). The van der Waals surface area contributed by atoms with E-state index in [1.807, 2.05) is 42.2 Å². The van der Waals surface area contributed by atoms with Gasteiger partial charge in [0, 0.05) is 32.0 Å². The van der Waals surface area contributed by atoms with Crippen LogP contribution < -0.4 is 0 Å². The lowest BCUT2D eigenvalue weighted by atomic mass is 10.0. The Morgan fingerprint density at radius 3 is 2.88 bits per heavy atom. The number of ether oxygens (including phenoxy) is 1. The van der Waals surface area contributed by atoms with Crippen LogP contribution >= 0.6 is 0 Å². The van der Waals surface area contributed by atoms with E-state index in [4.69, 9.17) is 4.74 Å². The summed E-state index contributed by atoms with van der Waals surface area (Å²) in [7, 11) is 0. The molecule has 0 aliphatic carbocycles. The van der Waals surface area contributed by atoms with Crippen LogP contribution in [0.15, 0.2) is 36.7 Å². The van der Waals surface area contributed by atoms with E-state index in [-0.39, 0.29) is 5.91 Å². The second-order valence-corrected chi connectivity index (χ2v) is 6.10. The molecule has 1 aromatic carbocycles. The molecule has 2 atom stereocenters. The highest BCUT2D eigenvalue weighted by Gasteiger charge is 2.29. The molecule has 2 aromatic rings. The van der Waals surface area contributed by atoms with Crippen LogP contribution in [0.5, 0.6) is 0 Å². The third-order valence-electron chi connectivity index (χ3n) is 4.44. The molecule has 1 saturated heterocycles. The number of aromatic nitrogens is 4. The summed E-state index contributed by atoms with van der Waals surface area (Å²) in [5.74, 6) is 0.473. The molecule has 0 saturated carbocycles. The zero-order valence-electron chi connectivity index (χ0n) is 13.9. The number of benzene rings is 1. The third kappa shape index (κ3) is 3.97. The van der Waals surface area contributed by atoms with Gasteiger partial charge in [-0.1, -0.05) is 30.3 Å². The van der Waals surface area contributed by atoms with Crippen molar-refractivity contribution in [2.24, 2.45) is 5.92 Å². The predicted molar refractivity (Wildman–Crippen MR) is 88.2 cm³/mol. The molecule has 1 fully saturated rings. The Hall–Kier alpha value is -2.28. The average molecular weight is 329 g/mol. The molecule has 0 radical (unpaired) electrons. The Morgan fingerprint density at radius 1 is 1.42 bits per heavy atom. The number of hydrogen-bond acceptors (Lipinski definition) is 5. The summed E-state index contributed by atoms with van der Waals surface area (Å²) in [6.07, 6.45) is 3.10.